The average Bonchev–Trinajstić information content (AvgIpc) is 2.63. The standard InChI is InChI=1S/C20H23ClN2O3/c1-14-3-7-17(8-4-14)23-19(24)13-26-18-9-5-16(6-10-18)11-12-22-20(25)15(2)21/h3-10,15H,11-13H2,1-2H3,(H,22,25)(H,23,24). The van der Waals surface area contributed by atoms with Gasteiger partial charge in [0.05, 0.1) is 0 Å². The lowest BCUT2D eigenvalue weighted by molar-refractivity contribution is -0.120. The molecule has 1 atom stereocenters. The van der Waals surface area contributed by atoms with E-state index in [0.717, 1.165) is 16.8 Å². The largest absolute Gasteiger partial charge is 0.484 e. The summed E-state index contributed by atoms with van der Waals surface area (Å²) in [5.41, 5.74) is 2.94. The zero-order chi connectivity index (χ0) is 18.9. The third-order valence-corrected chi connectivity index (χ3v) is 3.90. The van der Waals surface area contributed by atoms with Crippen LogP contribution in [0, 0.1) is 6.92 Å². The highest BCUT2D eigenvalue weighted by molar-refractivity contribution is 6.30. The fourth-order valence-corrected chi connectivity index (χ4v) is 2.28. The van der Waals surface area contributed by atoms with E-state index in [9.17, 15) is 9.59 Å². The van der Waals surface area contributed by atoms with Gasteiger partial charge in [0, 0.05) is 12.2 Å². The molecule has 6 heteroatoms. The summed E-state index contributed by atoms with van der Waals surface area (Å²) in [6.07, 6.45) is 0.698. The number of amides is 2. The van der Waals surface area contributed by atoms with Crippen LogP contribution in [0.5, 0.6) is 5.75 Å². The van der Waals surface area contributed by atoms with E-state index >= 15 is 0 Å². The van der Waals surface area contributed by atoms with Crippen molar-refractivity contribution in [1.29, 1.82) is 0 Å². The van der Waals surface area contributed by atoms with Gasteiger partial charge in [0.2, 0.25) is 5.91 Å². The molecule has 2 aromatic carbocycles. The fraction of sp³-hybridized carbons (Fsp3) is 0.300. The maximum absolute atomic E-state index is 11.9. The molecule has 5 nitrogen and oxygen atoms in total. The van der Waals surface area contributed by atoms with Crippen LogP contribution in [-0.4, -0.2) is 30.3 Å². The van der Waals surface area contributed by atoms with Crippen molar-refractivity contribution < 1.29 is 14.3 Å². The summed E-state index contributed by atoms with van der Waals surface area (Å²) < 4.78 is 5.49. The molecule has 0 spiro atoms. The Kier molecular flexibility index (Phi) is 7.48. The molecule has 0 aromatic heterocycles. The van der Waals surface area contributed by atoms with Crippen LogP contribution in [0.25, 0.3) is 0 Å². The van der Waals surface area contributed by atoms with Gasteiger partial charge in [-0.25, -0.2) is 0 Å². The second-order valence-electron chi connectivity index (χ2n) is 6.00. The van der Waals surface area contributed by atoms with Crippen LogP contribution in [0.4, 0.5) is 5.69 Å². The number of aryl methyl sites for hydroxylation is 1. The highest BCUT2D eigenvalue weighted by Crippen LogP contribution is 2.13. The number of ether oxygens (including phenoxy) is 1. The number of carbonyl (C=O) groups is 2. The molecule has 0 aliphatic heterocycles. The predicted octanol–water partition coefficient (Wildman–Crippen LogP) is 3.30. The van der Waals surface area contributed by atoms with E-state index in [2.05, 4.69) is 10.6 Å². The van der Waals surface area contributed by atoms with Gasteiger partial charge in [-0.15, -0.1) is 11.6 Å². The van der Waals surface area contributed by atoms with Crippen LogP contribution < -0.4 is 15.4 Å². The van der Waals surface area contributed by atoms with Gasteiger partial charge >= 0.3 is 0 Å². The number of nitrogens with one attached hydrogen (secondary N) is 2. The molecule has 2 N–H and O–H groups in total. The molecule has 0 aliphatic carbocycles. The first-order valence-corrected chi connectivity index (χ1v) is 8.88. The summed E-state index contributed by atoms with van der Waals surface area (Å²) in [4.78, 5) is 23.3. The first-order chi connectivity index (χ1) is 12.4. The lowest BCUT2D eigenvalue weighted by Gasteiger charge is -2.09. The molecule has 0 aliphatic rings. The quantitative estimate of drug-likeness (QED) is 0.697. The second kappa shape index (κ2) is 9.82. The number of hydrogen-bond donors (Lipinski definition) is 2. The minimum absolute atomic E-state index is 0.0586. The monoisotopic (exact) mass is 374 g/mol. The Morgan fingerprint density at radius 1 is 1.08 bits per heavy atom. The Bertz CT molecular complexity index is 728. The van der Waals surface area contributed by atoms with Crippen LogP contribution in [-0.2, 0) is 16.0 Å². The predicted molar refractivity (Wildman–Crippen MR) is 104 cm³/mol. The Labute approximate surface area is 158 Å². The third kappa shape index (κ3) is 6.76. The summed E-state index contributed by atoms with van der Waals surface area (Å²) in [6, 6.07) is 15.0. The number of carbonyl (C=O) groups excluding carboxylic acids is 2. The fourth-order valence-electron chi connectivity index (χ4n) is 2.21. The summed E-state index contributed by atoms with van der Waals surface area (Å²) in [7, 11) is 0. The first kappa shape index (κ1) is 19.8. The average molecular weight is 375 g/mol. The highest BCUT2D eigenvalue weighted by Gasteiger charge is 2.07. The molecular formula is C20H23ClN2O3. The molecule has 26 heavy (non-hydrogen) atoms. The van der Waals surface area contributed by atoms with E-state index in [1.165, 1.54) is 0 Å². The van der Waals surface area contributed by atoms with Gasteiger partial charge in [-0.3, -0.25) is 9.59 Å². The molecular weight excluding hydrogens is 352 g/mol. The first-order valence-electron chi connectivity index (χ1n) is 8.44. The Hall–Kier alpha value is -2.53. The zero-order valence-corrected chi connectivity index (χ0v) is 15.7. The van der Waals surface area contributed by atoms with Crippen molar-refractivity contribution >= 4 is 29.1 Å². The molecule has 2 aromatic rings. The topological polar surface area (TPSA) is 67.4 Å². The SMILES string of the molecule is Cc1ccc(NC(=O)COc2ccc(CCNC(=O)C(C)Cl)cc2)cc1. The normalized spacial score (nSPS) is 11.5. The lowest BCUT2D eigenvalue weighted by atomic mass is 10.1. The Morgan fingerprint density at radius 3 is 2.35 bits per heavy atom. The number of rotatable bonds is 8. The van der Waals surface area contributed by atoms with Crippen molar-refractivity contribution in [2.24, 2.45) is 0 Å². The van der Waals surface area contributed by atoms with Crippen molar-refractivity contribution in [2.45, 2.75) is 25.6 Å². The van der Waals surface area contributed by atoms with Crippen molar-refractivity contribution in [1.82, 2.24) is 5.32 Å². The summed E-state index contributed by atoms with van der Waals surface area (Å²) in [6.45, 7) is 4.09. The number of hydrogen-bond acceptors (Lipinski definition) is 3. The molecule has 0 bridgehead atoms. The second-order valence-corrected chi connectivity index (χ2v) is 6.66. The summed E-state index contributed by atoms with van der Waals surface area (Å²) >= 11 is 5.69. The van der Waals surface area contributed by atoms with Gasteiger partial charge in [-0.1, -0.05) is 29.8 Å². The van der Waals surface area contributed by atoms with Gasteiger partial charge in [0.25, 0.3) is 5.91 Å². The highest BCUT2D eigenvalue weighted by atomic mass is 35.5. The zero-order valence-electron chi connectivity index (χ0n) is 14.9. The maximum Gasteiger partial charge on any atom is 0.262 e. The number of halogens is 1. The Morgan fingerprint density at radius 2 is 1.73 bits per heavy atom. The Balaban J connectivity index is 1.73. The molecule has 0 saturated carbocycles. The smallest absolute Gasteiger partial charge is 0.262 e. The minimum Gasteiger partial charge on any atom is -0.484 e. The van der Waals surface area contributed by atoms with Gasteiger partial charge in [-0.05, 0) is 50.1 Å². The van der Waals surface area contributed by atoms with E-state index in [1.807, 2.05) is 43.3 Å². The third-order valence-electron chi connectivity index (χ3n) is 3.70. The van der Waals surface area contributed by atoms with Crippen molar-refractivity contribution in [2.75, 3.05) is 18.5 Å². The molecule has 2 amide bonds. The van der Waals surface area contributed by atoms with Crippen LogP contribution in [0.2, 0.25) is 0 Å². The van der Waals surface area contributed by atoms with Gasteiger partial charge < -0.3 is 15.4 Å². The van der Waals surface area contributed by atoms with Crippen LogP contribution in [0.15, 0.2) is 48.5 Å². The van der Waals surface area contributed by atoms with E-state index in [4.69, 9.17) is 16.3 Å². The van der Waals surface area contributed by atoms with Crippen molar-refractivity contribution in [3.8, 4) is 5.75 Å². The lowest BCUT2D eigenvalue weighted by Crippen LogP contribution is -2.31. The molecule has 2 rings (SSSR count). The van der Waals surface area contributed by atoms with E-state index in [0.29, 0.717) is 18.7 Å². The number of anilines is 1. The molecule has 1 unspecified atom stereocenters. The molecule has 138 valence electrons. The van der Waals surface area contributed by atoms with Crippen LogP contribution in [0.1, 0.15) is 18.1 Å². The molecule has 0 fully saturated rings. The molecule has 0 heterocycles. The van der Waals surface area contributed by atoms with Crippen molar-refractivity contribution in [3.05, 3.63) is 59.7 Å². The van der Waals surface area contributed by atoms with Gasteiger partial charge in [0.1, 0.15) is 11.1 Å². The molecule has 0 saturated heterocycles. The maximum atomic E-state index is 11.9. The van der Waals surface area contributed by atoms with E-state index in [1.54, 1.807) is 19.1 Å². The van der Waals surface area contributed by atoms with Gasteiger partial charge in [-0.2, -0.15) is 0 Å². The summed E-state index contributed by atoms with van der Waals surface area (Å²) in [5, 5.41) is 5.01. The molecule has 0 radical (unpaired) electrons. The summed E-state index contributed by atoms with van der Waals surface area (Å²) in [5.74, 6) is 0.230. The van der Waals surface area contributed by atoms with Crippen molar-refractivity contribution in [3.63, 3.8) is 0 Å². The minimum atomic E-state index is -0.531. The van der Waals surface area contributed by atoms with Crippen LogP contribution in [0.3, 0.4) is 0 Å². The number of alkyl halides is 1. The van der Waals surface area contributed by atoms with Crippen LogP contribution >= 0.6 is 11.6 Å². The van der Waals surface area contributed by atoms with Gasteiger partial charge in [0.15, 0.2) is 6.61 Å². The van der Waals surface area contributed by atoms with E-state index in [-0.39, 0.29) is 18.4 Å². The van der Waals surface area contributed by atoms with E-state index < -0.39 is 5.38 Å². The number of benzene rings is 2.